The monoisotopic (exact) mass is 329 g/mol. The number of likely N-dealkylation sites (tertiary alicyclic amines) is 1. The summed E-state index contributed by atoms with van der Waals surface area (Å²) < 4.78 is 0. The van der Waals surface area contributed by atoms with Crippen LogP contribution in [0.1, 0.15) is 19.3 Å². The molecule has 21 heavy (non-hydrogen) atoms. The van der Waals surface area contributed by atoms with Crippen molar-refractivity contribution in [2.75, 3.05) is 32.0 Å². The van der Waals surface area contributed by atoms with E-state index in [1.165, 1.54) is 6.42 Å². The van der Waals surface area contributed by atoms with Crippen LogP contribution in [0.15, 0.2) is 18.2 Å². The van der Waals surface area contributed by atoms with Gasteiger partial charge < -0.3 is 10.6 Å². The summed E-state index contributed by atoms with van der Waals surface area (Å²) in [4.78, 5) is 14.4. The van der Waals surface area contributed by atoms with Gasteiger partial charge in [0.2, 0.25) is 5.91 Å². The van der Waals surface area contributed by atoms with Crippen molar-refractivity contribution in [1.29, 1.82) is 0 Å². The number of hydrogen-bond acceptors (Lipinski definition) is 3. The zero-order valence-corrected chi connectivity index (χ0v) is 13.7. The Morgan fingerprint density at radius 2 is 2.19 bits per heavy atom. The lowest BCUT2D eigenvalue weighted by atomic mass is 10.0. The standard InChI is InChI=1S/C15H21Cl2N3O/c1-18-9-11-5-2-3-8-20(11)10-14(21)19-13-7-4-6-12(16)15(13)17/h4,6-7,11,18H,2-3,5,8-10H2,1H3,(H,19,21). The Morgan fingerprint density at radius 3 is 2.95 bits per heavy atom. The molecular formula is C15H21Cl2N3O. The van der Waals surface area contributed by atoms with Crippen LogP contribution in [0, 0.1) is 0 Å². The number of likely N-dealkylation sites (N-methyl/N-ethyl adjacent to an activating group) is 1. The van der Waals surface area contributed by atoms with E-state index in [1.807, 2.05) is 7.05 Å². The third kappa shape index (κ3) is 4.58. The molecule has 1 aromatic rings. The molecule has 1 unspecified atom stereocenters. The smallest absolute Gasteiger partial charge is 0.238 e. The van der Waals surface area contributed by atoms with Gasteiger partial charge in [-0.05, 0) is 38.6 Å². The quantitative estimate of drug-likeness (QED) is 0.872. The number of piperidine rings is 1. The van der Waals surface area contributed by atoms with E-state index in [0.29, 0.717) is 28.3 Å². The summed E-state index contributed by atoms with van der Waals surface area (Å²) in [5, 5.41) is 6.87. The van der Waals surface area contributed by atoms with Crippen LogP contribution in [0.4, 0.5) is 5.69 Å². The molecule has 1 amide bonds. The van der Waals surface area contributed by atoms with Crippen LogP contribution < -0.4 is 10.6 Å². The number of halogens is 2. The van der Waals surface area contributed by atoms with Gasteiger partial charge in [-0.15, -0.1) is 0 Å². The summed E-state index contributed by atoms with van der Waals surface area (Å²) in [5.41, 5.74) is 0.566. The largest absolute Gasteiger partial charge is 0.324 e. The van der Waals surface area contributed by atoms with Crippen molar-refractivity contribution < 1.29 is 4.79 Å². The van der Waals surface area contributed by atoms with E-state index in [9.17, 15) is 4.79 Å². The highest BCUT2D eigenvalue weighted by molar-refractivity contribution is 6.43. The highest BCUT2D eigenvalue weighted by Crippen LogP contribution is 2.29. The first-order valence-corrected chi connectivity index (χ1v) is 8.00. The Morgan fingerprint density at radius 1 is 1.38 bits per heavy atom. The highest BCUT2D eigenvalue weighted by atomic mass is 35.5. The summed E-state index contributed by atoms with van der Waals surface area (Å²) in [7, 11) is 1.94. The fraction of sp³-hybridized carbons (Fsp3) is 0.533. The van der Waals surface area contributed by atoms with Gasteiger partial charge in [0.1, 0.15) is 0 Å². The fourth-order valence-corrected chi connectivity index (χ4v) is 3.06. The molecule has 1 atom stereocenters. The molecule has 0 saturated carbocycles. The summed E-state index contributed by atoms with van der Waals surface area (Å²) in [6.07, 6.45) is 3.50. The van der Waals surface area contributed by atoms with Gasteiger partial charge >= 0.3 is 0 Å². The summed E-state index contributed by atoms with van der Waals surface area (Å²) in [5.74, 6) is -0.0535. The lowest BCUT2D eigenvalue weighted by Gasteiger charge is -2.35. The second kappa shape index (κ2) is 7.99. The van der Waals surface area contributed by atoms with Gasteiger partial charge in [0.05, 0.1) is 22.3 Å². The molecule has 2 N–H and O–H groups in total. The first-order valence-electron chi connectivity index (χ1n) is 7.24. The second-order valence-corrected chi connectivity index (χ2v) is 6.11. The summed E-state index contributed by atoms with van der Waals surface area (Å²) in [6.45, 7) is 2.25. The zero-order chi connectivity index (χ0) is 15.2. The predicted molar refractivity (Wildman–Crippen MR) is 88.2 cm³/mol. The van der Waals surface area contributed by atoms with E-state index in [4.69, 9.17) is 23.2 Å². The first kappa shape index (κ1) is 16.6. The minimum absolute atomic E-state index is 0.0535. The summed E-state index contributed by atoms with van der Waals surface area (Å²) in [6, 6.07) is 5.65. The average Bonchev–Trinajstić information content (AvgIpc) is 2.46. The van der Waals surface area contributed by atoms with Crippen LogP contribution in [0.5, 0.6) is 0 Å². The van der Waals surface area contributed by atoms with Gasteiger partial charge in [0.15, 0.2) is 0 Å². The molecule has 6 heteroatoms. The number of carbonyl (C=O) groups excluding carboxylic acids is 1. The highest BCUT2D eigenvalue weighted by Gasteiger charge is 2.23. The topological polar surface area (TPSA) is 44.4 Å². The maximum atomic E-state index is 12.2. The molecule has 116 valence electrons. The molecular weight excluding hydrogens is 309 g/mol. The van der Waals surface area contributed by atoms with Crippen molar-refractivity contribution in [1.82, 2.24) is 10.2 Å². The van der Waals surface area contributed by atoms with Crippen LogP contribution in [0.2, 0.25) is 10.0 Å². The first-order chi connectivity index (χ1) is 10.1. The SMILES string of the molecule is CNCC1CCCCN1CC(=O)Nc1cccc(Cl)c1Cl. The number of anilines is 1. The molecule has 1 fully saturated rings. The lowest BCUT2D eigenvalue weighted by Crippen LogP contribution is -2.47. The van der Waals surface area contributed by atoms with Crippen molar-refractivity contribution >= 4 is 34.8 Å². The minimum Gasteiger partial charge on any atom is -0.324 e. The maximum absolute atomic E-state index is 12.2. The lowest BCUT2D eigenvalue weighted by molar-refractivity contribution is -0.118. The molecule has 2 rings (SSSR count). The normalized spacial score (nSPS) is 19.5. The average molecular weight is 330 g/mol. The van der Waals surface area contributed by atoms with Crippen LogP contribution in [-0.2, 0) is 4.79 Å². The van der Waals surface area contributed by atoms with Crippen LogP contribution in [0.25, 0.3) is 0 Å². The Bertz CT molecular complexity index is 494. The molecule has 0 bridgehead atoms. The fourth-order valence-electron chi connectivity index (χ4n) is 2.71. The Kier molecular flexibility index (Phi) is 6.30. The summed E-state index contributed by atoms with van der Waals surface area (Å²) >= 11 is 12.0. The van der Waals surface area contributed by atoms with Gasteiger partial charge in [-0.2, -0.15) is 0 Å². The number of hydrogen-bond donors (Lipinski definition) is 2. The van der Waals surface area contributed by atoms with E-state index in [2.05, 4.69) is 15.5 Å². The number of amides is 1. The van der Waals surface area contributed by atoms with Gasteiger partial charge in [-0.25, -0.2) is 0 Å². The van der Waals surface area contributed by atoms with E-state index >= 15 is 0 Å². The Labute approximate surface area is 135 Å². The van der Waals surface area contributed by atoms with E-state index in [0.717, 1.165) is 25.9 Å². The van der Waals surface area contributed by atoms with Gasteiger partial charge in [-0.3, -0.25) is 9.69 Å². The van der Waals surface area contributed by atoms with Crippen LogP contribution >= 0.6 is 23.2 Å². The van der Waals surface area contributed by atoms with Crippen LogP contribution in [0.3, 0.4) is 0 Å². The minimum atomic E-state index is -0.0535. The molecule has 0 radical (unpaired) electrons. The Hall–Kier alpha value is -0.810. The number of nitrogens with zero attached hydrogens (tertiary/aromatic N) is 1. The molecule has 1 aromatic carbocycles. The predicted octanol–water partition coefficient (Wildman–Crippen LogP) is 3.01. The number of carbonyl (C=O) groups is 1. The molecule has 1 saturated heterocycles. The number of rotatable bonds is 5. The van der Waals surface area contributed by atoms with E-state index in [-0.39, 0.29) is 5.91 Å². The third-order valence-electron chi connectivity index (χ3n) is 3.76. The van der Waals surface area contributed by atoms with Crippen molar-refractivity contribution in [3.63, 3.8) is 0 Å². The second-order valence-electron chi connectivity index (χ2n) is 5.33. The molecule has 0 aromatic heterocycles. The molecule has 4 nitrogen and oxygen atoms in total. The number of nitrogens with one attached hydrogen (secondary N) is 2. The molecule has 1 aliphatic heterocycles. The van der Waals surface area contributed by atoms with Gasteiger partial charge in [0.25, 0.3) is 0 Å². The van der Waals surface area contributed by atoms with E-state index in [1.54, 1.807) is 18.2 Å². The molecule has 1 aliphatic rings. The van der Waals surface area contributed by atoms with Crippen molar-refractivity contribution in [3.8, 4) is 0 Å². The molecule has 0 spiro atoms. The van der Waals surface area contributed by atoms with Crippen molar-refractivity contribution in [2.45, 2.75) is 25.3 Å². The van der Waals surface area contributed by atoms with Crippen LogP contribution in [-0.4, -0.2) is 43.5 Å². The number of benzene rings is 1. The Balaban J connectivity index is 1.95. The third-order valence-corrected chi connectivity index (χ3v) is 4.58. The van der Waals surface area contributed by atoms with Gasteiger partial charge in [0, 0.05) is 12.6 Å². The van der Waals surface area contributed by atoms with Gasteiger partial charge in [-0.1, -0.05) is 35.7 Å². The molecule has 0 aliphatic carbocycles. The van der Waals surface area contributed by atoms with Crippen molar-refractivity contribution in [2.24, 2.45) is 0 Å². The van der Waals surface area contributed by atoms with Crippen molar-refractivity contribution in [3.05, 3.63) is 28.2 Å². The van der Waals surface area contributed by atoms with E-state index < -0.39 is 0 Å². The zero-order valence-electron chi connectivity index (χ0n) is 12.2. The molecule has 1 heterocycles. The maximum Gasteiger partial charge on any atom is 0.238 e.